The number of piperidine rings is 1. The van der Waals surface area contributed by atoms with Crippen LogP contribution in [0.3, 0.4) is 0 Å². The second-order valence-corrected chi connectivity index (χ2v) is 6.45. The SMILES string of the molecule is COC1(C(=O)NCC(=O)Nc2c(C)cc(C)cc2C)CCNCC1. The molecule has 6 nitrogen and oxygen atoms in total. The second-order valence-electron chi connectivity index (χ2n) is 6.45. The molecule has 0 bridgehead atoms. The summed E-state index contributed by atoms with van der Waals surface area (Å²) in [5.41, 5.74) is 3.16. The van der Waals surface area contributed by atoms with E-state index in [1.165, 1.54) is 0 Å². The molecule has 0 saturated carbocycles. The molecule has 24 heavy (non-hydrogen) atoms. The van der Waals surface area contributed by atoms with E-state index in [-0.39, 0.29) is 18.4 Å². The minimum atomic E-state index is -0.832. The molecule has 1 aromatic rings. The summed E-state index contributed by atoms with van der Waals surface area (Å²) in [7, 11) is 1.55. The standard InChI is InChI=1S/C18H27N3O3/c1-12-9-13(2)16(14(3)10-12)21-15(22)11-20-17(23)18(24-4)5-7-19-8-6-18/h9-10,19H,5-8,11H2,1-4H3,(H,20,23)(H,21,22). The van der Waals surface area contributed by atoms with Gasteiger partial charge in [0.15, 0.2) is 0 Å². The van der Waals surface area contributed by atoms with E-state index >= 15 is 0 Å². The lowest BCUT2D eigenvalue weighted by atomic mass is 9.91. The highest BCUT2D eigenvalue weighted by Gasteiger charge is 2.39. The summed E-state index contributed by atoms with van der Waals surface area (Å²) in [6, 6.07) is 4.05. The molecule has 0 unspecified atom stereocenters. The number of aryl methyl sites for hydroxylation is 3. The van der Waals surface area contributed by atoms with Gasteiger partial charge in [0.05, 0.1) is 6.54 Å². The number of methoxy groups -OCH3 is 1. The van der Waals surface area contributed by atoms with Crippen molar-refractivity contribution in [1.29, 1.82) is 0 Å². The molecule has 0 aromatic heterocycles. The lowest BCUT2D eigenvalue weighted by Crippen LogP contribution is -2.55. The van der Waals surface area contributed by atoms with E-state index in [1.54, 1.807) is 7.11 Å². The number of carbonyl (C=O) groups is 2. The first-order valence-electron chi connectivity index (χ1n) is 8.30. The van der Waals surface area contributed by atoms with Crippen LogP contribution in [-0.2, 0) is 14.3 Å². The Hall–Kier alpha value is -1.92. The van der Waals surface area contributed by atoms with Crippen molar-refractivity contribution in [2.24, 2.45) is 0 Å². The average molecular weight is 333 g/mol. The van der Waals surface area contributed by atoms with E-state index in [1.807, 2.05) is 32.9 Å². The van der Waals surface area contributed by atoms with Gasteiger partial charge >= 0.3 is 0 Å². The third-order valence-corrected chi connectivity index (χ3v) is 4.57. The normalized spacial score (nSPS) is 16.5. The van der Waals surface area contributed by atoms with Crippen molar-refractivity contribution in [2.45, 2.75) is 39.2 Å². The fourth-order valence-corrected chi connectivity index (χ4v) is 3.24. The highest BCUT2D eigenvalue weighted by atomic mass is 16.5. The molecular weight excluding hydrogens is 306 g/mol. The minimum absolute atomic E-state index is 0.0653. The molecule has 0 atom stereocenters. The molecule has 1 aliphatic heterocycles. The van der Waals surface area contributed by atoms with Gasteiger partial charge in [0, 0.05) is 12.8 Å². The van der Waals surface area contributed by atoms with Gasteiger partial charge in [-0.2, -0.15) is 0 Å². The van der Waals surface area contributed by atoms with Crippen LogP contribution in [0.15, 0.2) is 12.1 Å². The van der Waals surface area contributed by atoms with Crippen molar-refractivity contribution in [2.75, 3.05) is 32.1 Å². The van der Waals surface area contributed by atoms with Gasteiger partial charge in [-0.05, 0) is 57.8 Å². The molecule has 1 heterocycles. The molecule has 0 radical (unpaired) electrons. The Bertz CT molecular complexity index is 599. The van der Waals surface area contributed by atoms with Gasteiger partial charge in [0.25, 0.3) is 5.91 Å². The van der Waals surface area contributed by atoms with Crippen molar-refractivity contribution >= 4 is 17.5 Å². The monoisotopic (exact) mass is 333 g/mol. The summed E-state index contributed by atoms with van der Waals surface area (Å²) in [6.07, 6.45) is 1.21. The summed E-state index contributed by atoms with van der Waals surface area (Å²) in [4.78, 5) is 24.6. The van der Waals surface area contributed by atoms with E-state index in [4.69, 9.17) is 4.74 Å². The number of carbonyl (C=O) groups excluding carboxylic acids is 2. The number of benzene rings is 1. The molecular formula is C18H27N3O3. The third kappa shape index (κ3) is 4.13. The van der Waals surface area contributed by atoms with Crippen molar-refractivity contribution in [3.05, 3.63) is 28.8 Å². The lowest BCUT2D eigenvalue weighted by Gasteiger charge is -2.34. The minimum Gasteiger partial charge on any atom is -0.368 e. The maximum absolute atomic E-state index is 12.4. The topological polar surface area (TPSA) is 79.5 Å². The van der Waals surface area contributed by atoms with Crippen LogP contribution in [0, 0.1) is 20.8 Å². The van der Waals surface area contributed by atoms with Crippen LogP contribution in [0.2, 0.25) is 0 Å². The van der Waals surface area contributed by atoms with Crippen molar-refractivity contribution < 1.29 is 14.3 Å². The molecule has 1 saturated heterocycles. The van der Waals surface area contributed by atoms with E-state index in [0.29, 0.717) is 12.8 Å². The zero-order chi connectivity index (χ0) is 17.7. The summed E-state index contributed by atoms with van der Waals surface area (Å²) in [5.74, 6) is -0.461. The molecule has 0 spiro atoms. The molecule has 1 aromatic carbocycles. The highest BCUT2D eigenvalue weighted by Crippen LogP contribution is 2.23. The van der Waals surface area contributed by atoms with Crippen LogP contribution in [0.25, 0.3) is 0 Å². The van der Waals surface area contributed by atoms with E-state index in [2.05, 4.69) is 16.0 Å². The largest absolute Gasteiger partial charge is 0.368 e. The molecule has 1 fully saturated rings. The molecule has 1 aliphatic rings. The molecule has 0 aliphatic carbocycles. The number of rotatable bonds is 5. The summed E-state index contributed by atoms with van der Waals surface area (Å²) >= 11 is 0. The molecule has 2 rings (SSSR count). The number of hydrogen-bond acceptors (Lipinski definition) is 4. The van der Waals surface area contributed by atoms with Gasteiger partial charge in [-0.15, -0.1) is 0 Å². The Morgan fingerprint density at radius 2 is 1.75 bits per heavy atom. The van der Waals surface area contributed by atoms with E-state index in [9.17, 15) is 9.59 Å². The second kappa shape index (κ2) is 7.77. The van der Waals surface area contributed by atoms with Crippen molar-refractivity contribution in [1.82, 2.24) is 10.6 Å². The van der Waals surface area contributed by atoms with Crippen LogP contribution in [0.1, 0.15) is 29.5 Å². The molecule has 6 heteroatoms. The molecule has 3 N–H and O–H groups in total. The van der Waals surface area contributed by atoms with Crippen LogP contribution in [-0.4, -0.2) is 44.2 Å². The van der Waals surface area contributed by atoms with Crippen LogP contribution < -0.4 is 16.0 Å². The predicted molar refractivity (Wildman–Crippen MR) is 94.1 cm³/mol. The van der Waals surface area contributed by atoms with Gasteiger partial charge < -0.3 is 20.7 Å². The van der Waals surface area contributed by atoms with Crippen molar-refractivity contribution in [3.8, 4) is 0 Å². The van der Waals surface area contributed by atoms with Crippen LogP contribution >= 0.6 is 0 Å². The first-order chi connectivity index (χ1) is 11.4. The maximum atomic E-state index is 12.4. The Labute approximate surface area is 143 Å². The Morgan fingerprint density at radius 3 is 2.29 bits per heavy atom. The maximum Gasteiger partial charge on any atom is 0.252 e. The van der Waals surface area contributed by atoms with E-state index in [0.717, 1.165) is 35.5 Å². The first-order valence-corrected chi connectivity index (χ1v) is 8.30. The predicted octanol–water partition coefficient (Wildman–Crippen LogP) is 1.44. The number of anilines is 1. The fraction of sp³-hybridized carbons (Fsp3) is 0.556. The average Bonchev–Trinajstić information content (AvgIpc) is 2.56. The molecule has 132 valence electrons. The quantitative estimate of drug-likeness (QED) is 0.762. The van der Waals surface area contributed by atoms with E-state index < -0.39 is 5.60 Å². The van der Waals surface area contributed by atoms with Gasteiger partial charge in [0.1, 0.15) is 5.60 Å². The van der Waals surface area contributed by atoms with Crippen LogP contribution in [0.4, 0.5) is 5.69 Å². The summed E-state index contributed by atoms with van der Waals surface area (Å²) < 4.78 is 5.46. The Kier molecular flexibility index (Phi) is 5.96. The zero-order valence-electron chi connectivity index (χ0n) is 14.9. The number of amides is 2. The lowest BCUT2D eigenvalue weighted by molar-refractivity contribution is -0.147. The number of ether oxygens (including phenoxy) is 1. The summed E-state index contributed by atoms with van der Waals surface area (Å²) in [6.45, 7) is 7.34. The van der Waals surface area contributed by atoms with Gasteiger partial charge in [-0.3, -0.25) is 9.59 Å². The van der Waals surface area contributed by atoms with Crippen LogP contribution in [0.5, 0.6) is 0 Å². The smallest absolute Gasteiger partial charge is 0.252 e. The van der Waals surface area contributed by atoms with Gasteiger partial charge in [0.2, 0.25) is 5.91 Å². The van der Waals surface area contributed by atoms with Gasteiger partial charge in [-0.25, -0.2) is 0 Å². The Morgan fingerprint density at radius 1 is 1.17 bits per heavy atom. The van der Waals surface area contributed by atoms with Crippen molar-refractivity contribution in [3.63, 3.8) is 0 Å². The Balaban J connectivity index is 1.95. The summed E-state index contributed by atoms with van der Waals surface area (Å²) in [5, 5.41) is 8.80. The highest BCUT2D eigenvalue weighted by molar-refractivity contribution is 5.97. The third-order valence-electron chi connectivity index (χ3n) is 4.57. The van der Waals surface area contributed by atoms with Gasteiger partial charge in [-0.1, -0.05) is 17.7 Å². The first kappa shape index (κ1) is 18.4. The molecule has 2 amide bonds. The zero-order valence-corrected chi connectivity index (χ0v) is 14.9. The fourth-order valence-electron chi connectivity index (χ4n) is 3.24. The number of hydrogen-bond donors (Lipinski definition) is 3. The number of nitrogens with one attached hydrogen (secondary N) is 3.